The van der Waals surface area contributed by atoms with Crippen LogP contribution in [0.2, 0.25) is 0 Å². The van der Waals surface area contributed by atoms with Gasteiger partial charge in [0, 0.05) is 10.8 Å². The Balaban J connectivity index is 2.00. The molecule has 1 heterocycles. The highest BCUT2D eigenvalue weighted by Gasteiger charge is 2.59. The summed E-state index contributed by atoms with van der Waals surface area (Å²) in [5.74, 6) is 0. The highest BCUT2D eigenvalue weighted by molar-refractivity contribution is 5.95. The summed E-state index contributed by atoms with van der Waals surface area (Å²) in [7, 11) is 0. The van der Waals surface area contributed by atoms with E-state index in [1.165, 1.54) is 22.3 Å². The molecule has 0 radical (unpaired) electrons. The molecule has 106 valence electrons. The molecule has 2 atom stereocenters. The van der Waals surface area contributed by atoms with Crippen molar-refractivity contribution >= 4 is 11.1 Å². The summed E-state index contributed by atoms with van der Waals surface area (Å²) < 4.78 is 0. The molecule has 5 rings (SSSR count). The van der Waals surface area contributed by atoms with Crippen molar-refractivity contribution in [2.75, 3.05) is 0 Å². The average Bonchev–Trinajstić information content (AvgIpc) is 2.54. The molecule has 3 nitrogen and oxygen atoms in total. The van der Waals surface area contributed by atoms with Gasteiger partial charge in [-0.1, -0.05) is 62.5 Å². The van der Waals surface area contributed by atoms with Gasteiger partial charge in [-0.3, -0.25) is 0 Å². The summed E-state index contributed by atoms with van der Waals surface area (Å²) >= 11 is 0. The number of fused-ring (bicyclic) bond motifs is 3. The monoisotopic (exact) mass is 285 g/mol. The van der Waals surface area contributed by atoms with Crippen LogP contribution in [0.15, 0.2) is 66.1 Å². The van der Waals surface area contributed by atoms with Gasteiger partial charge < -0.3 is 0 Å². The molecule has 0 saturated carbocycles. The first kappa shape index (κ1) is 12.0. The molecule has 0 N–H and O–H groups in total. The fourth-order valence-corrected chi connectivity index (χ4v) is 4.50. The summed E-state index contributed by atoms with van der Waals surface area (Å²) in [5.41, 5.74) is 6.76. The first-order valence-corrected chi connectivity index (χ1v) is 7.56. The number of aromatic nitrogens is 3. The lowest BCUT2D eigenvalue weighted by Gasteiger charge is -2.56. The Morgan fingerprint density at radius 1 is 0.773 bits per heavy atom. The van der Waals surface area contributed by atoms with Gasteiger partial charge in [0.05, 0.1) is 5.69 Å². The van der Waals surface area contributed by atoms with E-state index in [0.29, 0.717) is 0 Å². The number of allylic oxidation sites excluding steroid dienone is 12. The van der Waals surface area contributed by atoms with Crippen LogP contribution in [-0.2, 0) is 0 Å². The Kier molecular flexibility index (Phi) is 1.98. The molecule has 4 aliphatic rings. The number of nitrogens with zero attached hydrogens (tertiary/aromatic N) is 3. The predicted molar refractivity (Wildman–Crippen MR) is 86.4 cm³/mol. The van der Waals surface area contributed by atoms with Gasteiger partial charge in [0.25, 0.3) is 0 Å². The molecule has 22 heavy (non-hydrogen) atoms. The zero-order valence-electron chi connectivity index (χ0n) is 12.5. The van der Waals surface area contributed by atoms with Gasteiger partial charge in [-0.15, -0.1) is 10.2 Å². The maximum Gasteiger partial charge on any atom is 0.138 e. The van der Waals surface area contributed by atoms with Crippen molar-refractivity contribution in [2.24, 2.45) is 10.8 Å². The Bertz CT molecular complexity index is 835. The fourth-order valence-electron chi connectivity index (χ4n) is 4.50. The molecule has 1 aromatic heterocycles. The Morgan fingerprint density at radius 2 is 1.36 bits per heavy atom. The van der Waals surface area contributed by atoms with E-state index in [9.17, 15) is 0 Å². The summed E-state index contributed by atoms with van der Waals surface area (Å²) in [5, 5.41) is 8.47. The molecule has 4 aliphatic carbocycles. The summed E-state index contributed by atoms with van der Waals surface area (Å²) in [6, 6.07) is 0. The van der Waals surface area contributed by atoms with Crippen molar-refractivity contribution in [1.82, 2.24) is 15.2 Å². The van der Waals surface area contributed by atoms with E-state index >= 15 is 0 Å². The largest absolute Gasteiger partial charge is 0.232 e. The maximum absolute atomic E-state index is 4.57. The minimum absolute atomic E-state index is 0.120. The predicted octanol–water partition coefficient (Wildman–Crippen LogP) is 3.67. The van der Waals surface area contributed by atoms with Crippen LogP contribution in [0.5, 0.6) is 0 Å². The second-order valence-electron chi connectivity index (χ2n) is 6.53. The second-order valence-corrected chi connectivity index (χ2v) is 6.53. The van der Waals surface area contributed by atoms with Crippen molar-refractivity contribution in [3.63, 3.8) is 0 Å². The van der Waals surface area contributed by atoms with Crippen molar-refractivity contribution in [1.29, 1.82) is 0 Å². The molecule has 3 heteroatoms. The smallest absolute Gasteiger partial charge is 0.138 e. The molecule has 1 aromatic rings. The zero-order valence-corrected chi connectivity index (χ0v) is 12.5. The minimum Gasteiger partial charge on any atom is -0.232 e. The van der Waals surface area contributed by atoms with E-state index in [-0.39, 0.29) is 10.8 Å². The lowest BCUT2D eigenvalue weighted by molar-refractivity contribution is 0.300. The Morgan fingerprint density at radius 3 is 2.00 bits per heavy atom. The van der Waals surface area contributed by atoms with Crippen molar-refractivity contribution in [3.8, 4) is 0 Å². The number of hydrogen-bond acceptors (Lipinski definition) is 3. The van der Waals surface area contributed by atoms with E-state index in [0.717, 1.165) is 11.4 Å². The fraction of sp³-hybridized carbons (Fsp3) is 0.211. The molecule has 0 fully saturated rings. The minimum atomic E-state index is -0.132. The molecule has 0 saturated heterocycles. The molecule has 0 aliphatic heterocycles. The van der Waals surface area contributed by atoms with Gasteiger partial charge in [0.2, 0.25) is 0 Å². The van der Waals surface area contributed by atoms with Crippen molar-refractivity contribution < 1.29 is 0 Å². The van der Waals surface area contributed by atoms with Crippen LogP contribution in [-0.4, -0.2) is 15.2 Å². The van der Waals surface area contributed by atoms with Gasteiger partial charge >= 0.3 is 0 Å². The summed E-state index contributed by atoms with van der Waals surface area (Å²) in [6.45, 7) is 4.66. The quantitative estimate of drug-likeness (QED) is 0.730. The third-order valence-corrected chi connectivity index (χ3v) is 5.88. The third-order valence-electron chi connectivity index (χ3n) is 5.88. The van der Waals surface area contributed by atoms with E-state index in [4.69, 9.17) is 0 Å². The van der Waals surface area contributed by atoms with Crippen LogP contribution in [0.25, 0.3) is 11.1 Å². The van der Waals surface area contributed by atoms with Crippen LogP contribution in [0.4, 0.5) is 0 Å². The van der Waals surface area contributed by atoms with Gasteiger partial charge in [0.1, 0.15) is 12.0 Å². The van der Waals surface area contributed by atoms with Gasteiger partial charge in [-0.25, -0.2) is 4.98 Å². The van der Waals surface area contributed by atoms with E-state index in [1.807, 2.05) is 0 Å². The van der Waals surface area contributed by atoms with Crippen LogP contribution in [0.3, 0.4) is 0 Å². The van der Waals surface area contributed by atoms with E-state index in [2.05, 4.69) is 77.6 Å². The highest BCUT2D eigenvalue weighted by atomic mass is 15.1. The number of hydrogen-bond donors (Lipinski definition) is 0. The summed E-state index contributed by atoms with van der Waals surface area (Å²) in [4.78, 5) is 4.57. The SMILES string of the molecule is C[C@@]12C3=CC=C4C=CC=C(c5nncnc5C1=CC=C3)[C@@]42C. The maximum atomic E-state index is 4.57. The van der Waals surface area contributed by atoms with Crippen LogP contribution >= 0.6 is 0 Å². The molecular weight excluding hydrogens is 270 g/mol. The van der Waals surface area contributed by atoms with Gasteiger partial charge in [-0.05, 0) is 22.3 Å². The molecule has 0 spiro atoms. The first-order chi connectivity index (χ1) is 10.7. The van der Waals surface area contributed by atoms with Gasteiger partial charge in [-0.2, -0.15) is 0 Å². The zero-order chi connectivity index (χ0) is 14.9. The van der Waals surface area contributed by atoms with Crippen molar-refractivity contribution in [3.05, 3.63) is 77.5 Å². The molecule has 0 bridgehead atoms. The second kappa shape index (κ2) is 3.61. The van der Waals surface area contributed by atoms with Crippen molar-refractivity contribution in [2.45, 2.75) is 13.8 Å². The Labute approximate surface area is 129 Å². The molecule has 0 amide bonds. The van der Waals surface area contributed by atoms with Crippen LogP contribution in [0.1, 0.15) is 25.2 Å². The van der Waals surface area contributed by atoms with E-state index in [1.54, 1.807) is 6.33 Å². The van der Waals surface area contributed by atoms with Crippen LogP contribution in [0, 0.1) is 10.8 Å². The molecule has 0 aromatic carbocycles. The first-order valence-electron chi connectivity index (χ1n) is 7.56. The lowest BCUT2D eigenvalue weighted by atomic mass is 9.45. The molecule has 0 unspecified atom stereocenters. The normalized spacial score (nSPS) is 33.2. The van der Waals surface area contributed by atoms with E-state index < -0.39 is 0 Å². The topological polar surface area (TPSA) is 38.7 Å². The lowest BCUT2D eigenvalue weighted by Crippen LogP contribution is -2.48. The summed E-state index contributed by atoms with van der Waals surface area (Å²) in [6.07, 6.45) is 19.1. The number of rotatable bonds is 0. The van der Waals surface area contributed by atoms with Gasteiger partial charge in [0.15, 0.2) is 0 Å². The average molecular weight is 285 g/mol. The molecular formula is C19H15N3. The Hall–Kier alpha value is -2.55. The highest BCUT2D eigenvalue weighted by Crippen LogP contribution is 2.68. The standard InChI is InChI=1S/C19H15N3/c1-18-12-5-3-7-14(18)16-17(22-21-11-20-16)15-8-4-6-13(10-9-12)19(15,18)2/h3-11H,1-2H3/t18-,19-/m1/s1. The third kappa shape index (κ3) is 1.07. The van der Waals surface area contributed by atoms with Crippen LogP contribution < -0.4 is 0 Å².